The highest BCUT2D eigenvalue weighted by atomic mass is 16.5. The number of esters is 1. The van der Waals surface area contributed by atoms with Crippen molar-refractivity contribution >= 4 is 11.7 Å². The van der Waals surface area contributed by atoms with E-state index in [0.717, 1.165) is 16.7 Å². The molecule has 0 fully saturated rings. The van der Waals surface area contributed by atoms with Crippen LogP contribution in [0.15, 0.2) is 103 Å². The number of nitrogens with two attached hydrogens (primary N) is 1. The van der Waals surface area contributed by atoms with Crippen LogP contribution in [-0.4, -0.2) is 5.97 Å². The summed E-state index contributed by atoms with van der Waals surface area (Å²) in [6.45, 7) is 0.671. The number of benzene rings is 4. The van der Waals surface area contributed by atoms with E-state index in [1.54, 1.807) is 0 Å². The summed E-state index contributed by atoms with van der Waals surface area (Å²) in [6, 6.07) is 31.7. The topological polar surface area (TPSA) is 84.4 Å². The van der Waals surface area contributed by atoms with E-state index in [9.17, 15) is 10.0 Å². The molecule has 34 heavy (non-hydrogen) atoms. The Morgan fingerprint density at radius 2 is 1.09 bits per heavy atom. The van der Waals surface area contributed by atoms with Crippen molar-refractivity contribution in [2.24, 2.45) is 0 Å². The lowest BCUT2D eigenvalue weighted by molar-refractivity contribution is -0.497. The van der Waals surface area contributed by atoms with Crippen molar-refractivity contribution in [1.29, 1.82) is 0 Å². The molecule has 0 heterocycles. The molecule has 6 heteroatoms. The first kappa shape index (κ1) is 23.0. The molecule has 0 aromatic heterocycles. The molecule has 0 saturated heterocycles. The summed E-state index contributed by atoms with van der Waals surface area (Å²) in [6.07, 6.45) is 0. The lowest BCUT2D eigenvalue weighted by Crippen LogP contribution is -2.70. The molecular formula is C28H25NO5. The van der Waals surface area contributed by atoms with Crippen LogP contribution in [0.5, 0.6) is 11.5 Å². The van der Waals surface area contributed by atoms with Gasteiger partial charge in [-0.2, -0.15) is 0 Å². The van der Waals surface area contributed by atoms with Crippen LogP contribution in [0.1, 0.15) is 27.0 Å². The van der Waals surface area contributed by atoms with Crippen LogP contribution >= 0.6 is 0 Å². The third kappa shape index (κ3) is 6.22. The molecule has 0 amide bonds. The Morgan fingerprint density at radius 1 is 0.647 bits per heavy atom. The Labute approximate surface area is 198 Å². The van der Waals surface area contributed by atoms with E-state index in [2.05, 4.69) is 0 Å². The zero-order valence-electron chi connectivity index (χ0n) is 18.6. The Hall–Kier alpha value is -4.13. The normalized spacial score (nSPS) is 10.5. The molecule has 4 aromatic rings. The third-order valence-electron chi connectivity index (χ3n) is 5.15. The second-order valence-electron chi connectivity index (χ2n) is 7.61. The quantitative estimate of drug-likeness (QED) is 0.209. The molecule has 172 valence electrons. The van der Waals surface area contributed by atoms with Crippen molar-refractivity contribution in [3.05, 3.63) is 131 Å². The average Bonchev–Trinajstić information content (AvgIpc) is 2.91. The maximum absolute atomic E-state index is 12.8. The van der Waals surface area contributed by atoms with Crippen LogP contribution in [0.4, 0.5) is 5.69 Å². The van der Waals surface area contributed by atoms with Crippen molar-refractivity contribution in [1.82, 2.24) is 0 Å². The zero-order valence-corrected chi connectivity index (χ0v) is 18.6. The summed E-state index contributed by atoms with van der Waals surface area (Å²) in [4.78, 5) is 12.8. The summed E-state index contributed by atoms with van der Waals surface area (Å²) < 4.78 is 17.4. The molecule has 0 saturated carbocycles. The minimum Gasteiger partial charge on any atom is -0.630 e. The van der Waals surface area contributed by atoms with Gasteiger partial charge in [0.2, 0.25) is 0 Å². The highest BCUT2D eigenvalue weighted by molar-refractivity contribution is 5.94. The minimum atomic E-state index is -0.606. The molecule has 0 spiro atoms. The van der Waals surface area contributed by atoms with Crippen LogP contribution < -0.4 is 15.0 Å². The second kappa shape index (κ2) is 11.7. The molecule has 0 bridgehead atoms. The van der Waals surface area contributed by atoms with Gasteiger partial charge in [0.1, 0.15) is 31.1 Å². The van der Waals surface area contributed by atoms with Crippen LogP contribution in [-0.2, 0) is 24.6 Å². The SMILES string of the molecule is O=C(OCc1ccccc1)c1cc(OCc2ccccc2)c(OCc2ccccc2)cc1[NH2+][O-]. The third-order valence-corrected chi connectivity index (χ3v) is 5.15. The van der Waals surface area contributed by atoms with Crippen molar-refractivity contribution in [2.75, 3.05) is 0 Å². The second-order valence-corrected chi connectivity index (χ2v) is 7.61. The first-order valence-electron chi connectivity index (χ1n) is 10.9. The molecule has 4 rings (SSSR count). The fraction of sp³-hybridized carbons (Fsp3) is 0.107. The predicted octanol–water partition coefficient (Wildman–Crippen LogP) is 4.89. The Balaban J connectivity index is 1.57. The van der Waals surface area contributed by atoms with Gasteiger partial charge in [-0.05, 0) is 16.7 Å². The van der Waals surface area contributed by atoms with Crippen molar-refractivity contribution in [3.63, 3.8) is 0 Å². The lowest BCUT2D eigenvalue weighted by Gasteiger charge is -2.17. The fourth-order valence-electron chi connectivity index (χ4n) is 3.35. The van der Waals surface area contributed by atoms with Crippen molar-refractivity contribution in [2.45, 2.75) is 19.8 Å². The van der Waals surface area contributed by atoms with Gasteiger partial charge in [0.05, 0.1) is 0 Å². The van der Waals surface area contributed by atoms with Gasteiger partial charge in [-0.1, -0.05) is 91.0 Å². The molecular weight excluding hydrogens is 430 g/mol. The van der Waals surface area contributed by atoms with E-state index in [-0.39, 0.29) is 24.5 Å². The molecule has 0 unspecified atom stereocenters. The molecule has 0 aliphatic carbocycles. The summed E-state index contributed by atoms with van der Waals surface area (Å²) >= 11 is 0. The van der Waals surface area contributed by atoms with E-state index < -0.39 is 5.97 Å². The maximum Gasteiger partial charge on any atom is 0.344 e. The molecule has 4 aromatic carbocycles. The van der Waals surface area contributed by atoms with E-state index in [0.29, 0.717) is 23.6 Å². The molecule has 2 N–H and O–H groups in total. The van der Waals surface area contributed by atoms with E-state index in [4.69, 9.17) is 14.2 Å². The minimum absolute atomic E-state index is 0.102. The number of quaternary nitrogens is 1. The average molecular weight is 456 g/mol. The highest BCUT2D eigenvalue weighted by Crippen LogP contribution is 2.34. The highest BCUT2D eigenvalue weighted by Gasteiger charge is 2.21. The van der Waals surface area contributed by atoms with Gasteiger partial charge in [-0.3, -0.25) is 0 Å². The molecule has 0 atom stereocenters. The summed E-state index contributed by atoms with van der Waals surface area (Å²) in [5.41, 5.74) is 3.70. The molecule has 0 aliphatic heterocycles. The van der Waals surface area contributed by atoms with Crippen LogP contribution in [0.2, 0.25) is 0 Å². The smallest absolute Gasteiger partial charge is 0.344 e. The van der Waals surface area contributed by atoms with Gasteiger partial charge >= 0.3 is 5.97 Å². The molecule has 0 radical (unpaired) electrons. The van der Waals surface area contributed by atoms with Gasteiger partial charge in [0, 0.05) is 12.1 Å². The predicted molar refractivity (Wildman–Crippen MR) is 129 cm³/mol. The fourth-order valence-corrected chi connectivity index (χ4v) is 3.35. The number of hydrogen-bond acceptors (Lipinski definition) is 5. The number of hydrogen-bond donors (Lipinski definition) is 1. The number of ether oxygens (including phenoxy) is 3. The van der Waals surface area contributed by atoms with Crippen LogP contribution in [0.3, 0.4) is 0 Å². The van der Waals surface area contributed by atoms with Gasteiger partial charge in [0.25, 0.3) is 0 Å². The van der Waals surface area contributed by atoms with Gasteiger partial charge in [-0.25, -0.2) is 4.79 Å². The Morgan fingerprint density at radius 3 is 1.56 bits per heavy atom. The maximum atomic E-state index is 12.8. The summed E-state index contributed by atoms with van der Waals surface area (Å²) in [7, 11) is 0. The van der Waals surface area contributed by atoms with Gasteiger partial charge in [0.15, 0.2) is 11.5 Å². The standard InChI is InChI=1S/C28H25NO5/c30-28(34-20-23-14-8-3-9-15-23)24-16-26(32-18-21-10-4-1-5-11-21)27(17-25(24)29-31)33-19-22-12-6-2-7-13-22/h1-17H,18-20,29H2. The summed E-state index contributed by atoms with van der Waals surface area (Å²) in [5.74, 6) is 0.128. The number of carbonyl (C=O) groups excluding carboxylic acids is 1. The van der Waals surface area contributed by atoms with Gasteiger partial charge in [-0.15, -0.1) is 0 Å². The van der Waals surface area contributed by atoms with E-state index in [1.165, 1.54) is 12.1 Å². The zero-order chi connectivity index (χ0) is 23.6. The van der Waals surface area contributed by atoms with Crippen molar-refractivity contribution in [3.8, 4) is 11.5 Å². The number of carbonyl (C=O) groups is 1. The summed E-state index contributed by atoms with van der Waals surface area (Å²) in [5, 5.41) is 11.8. The first-order chi connectivity index (χ1) is 16.7. The van der Waals surface area contributed by atoms with E-state index in [1.807, 2.05) is 91.0 Å². The van der Waals surface area contributed by atoms with Crippen LogP contribution in [0, 0.1) is 5.21 Å². The Bertz CT molecular complexity index is 1200. The molecule has 0 aliphatic rings. The van der Waals surface area contributed by atoms with Crippen molar-refractivity contribution < 1.29 is 24.5 Å². The number of rotatable bonds is 10. The lowest BCUT2D eigenvalue weighted by atomic mass is 10.1. The van der Waals surface area contributed by atoms with Gasteiger partial charge < -0.3 is 24.9 Å². The Kier molecular flexibility index (Phi) is 7.90. The molecule has 6 nitrogen and oxygen atoms in total. The van der Waals surface area contributed by atoms with E-state index >= 15 is 0 Å². The first-order valence-corrected chi connectivity index (χ1v) is 10.9. The monoisotopic (exact) mass is 455 g/mol. The van der Waals surface area contributed by atoms with Crippen LogP contribution in [0.25, 0.3) is 0 Å². The largest absolute Gasteiger partial charge is 0.630 e.